The van der Waals surface area contributed by atoms with Crippen molar-refractivity contribution in [3.05, 3.63) is 28.8 Å². The quantitative estimate of drug-likeness (QED) is 0.870. The molecule has 108 valence electrons. The summed E-state index contributed by atoms with van der Waals surface area (Å²) in [5.74, 6) is -1.36. The van der Waals surface area contributed by atoms with Crippen LogP contribution in [0.5, 0.6) is 5.75 Å². The van der Waals surface area contributed by atoms with Gasteiger partial charge in [0.15, 0.2) is 0 Å². The Morgan fingerprint density at radius 2 is 2.15 bits per heavy atom. The van der Waals surface area contributed by atoms with Crippen LogP contribution in [0.3, 0.4) is 0 Å². The highest BCUT2D eigenvalue weighted by Crippen LogP contribution is 2.27. The van der Waals surface area contributed by atoms with E-state index in [9.17, 15) is 14.7 Å². The third-order valence-electron chi connectivity index (χ3n) is 3.22. The number of likely N-dealkylation sites (tertiary alicyclic amines) is 1. The number of aliphatic hydroxyl groups excluding tert-OH is 1. The molecule has 0 unspecified atom stereocenters. The van der Waals surface area contributed by atoms with Gasteiger partial charge in [-0.15, -0.1) is 0 Å². The summed E-state index contributed by atoms with van der Waals surface area (Å²) in [5, 5.41) is 19.1. The summed E-state index contributed by atoms with van der Waals surface area (Å²) in [6.45, 7) is -0.0123. The van der Waals surface area contributed by atoms with Crippen molar-refractivity contribution in [2.75, 3.05) is 13.7 Å². The minimum atomic E-state index is -1.14. The minimum absolute atomic E-state index is 0.0123. The van der Waals surface area contributed by atoms with E-state index in [-0.39, 0.29) is 24.3 Å². The van der Waals surface area contributed by atoms with E-state index in [0.29, 0.717) is 5.02 Å². The summed E-state index contributed by atoms with van der Waals surface area (Å²) in [6.07, 6.45) is -0.810. The Kier molecular flexibility index (Phi) is 4.15. The number of aliphatic hydroxyl groups is 1. The van der Waals surface area contributed by atoms with E-state index in [2.05, 4.69) is 0 Å². The van der Waals surface area contributed by atoms with Gasteiger partial charge < -0.3 is 19.8 Å². The van der Waals surface area contributed by atoms with Crippen LogP contribution in [0, 0.1) is 0 Å². The van der Waals surface area contributed by atoms with Crippen molar-refractivity contribution < 1.29 is 24.5 Å². The summed E-state index contributed by atoms with van der Waals surface area (Å²) in [7, 11) is 1.40. The molecule has 1 aromatic rings. The lowest BCUT2D eigenvalue weighted by molar-refractivity contribution is -0.141. The van der Waals surface area contributed by atoms with Crippen molar-refractivity contribution in [2.24, 2.45) is 0 Å². The molecule has 2 rings (SSSR count). The van der Waals surface area contributed by atoms with Crippen molar-refractivity contribution in [2.45, 2.75) is 18.6 Å². The summed E-state index contributed by atoms with van der Waals surface area (Å²) >= 11 is 5.82. The molecule has 20 heavy (non-hydrogen) atoms. The fraction of sp³-hybridized carbons (Fsp3) is 0.385. The molecule has 0 bridgehead atoms. The molecule has 1 aliphatic heterocycles. The van der Waals surface area contributed by atoms with Crippen LogP contribution >= 0.6 is 11.6 Å². The average molecular weight is 300 g/mol. The average Bonchev–Trinajstić information content (AvgIpc) is 2.80. The maximum absolute atomic E-state index is 12.4. The Morgan fingerprint density at radius 3 is 2.75 bits per heavy atom. The summed E-state index contributed by atoms with van der Waals surface area (Å²) in [4.78, 5) is 24.7. The molecule has 6 nitrogen and oxygen atoms in total. The van der Waals surface area contributed by atoms with Crippen LogP contribution in [-0.4, -0.2) is 52.8 Å². The number of β-amino-alcohol motifs (C(OH)–C–C–N with tert-alkyl or cyclic N) is 1. The number of carboxylic acid groups (broad SMARTS) is 1. The van der Waals surface area contributed by atoms with Gasteiger partial charge >= 0.3 is 5.97 Å². The molecule has 0 aromatic heterocycles. The van der Waals surface area contributed by atoms with E-state index in [1.54, 1.807) is 0 Å². The Labute approximate surface area is 120 Å². The molecule has 1 fully saturated rings. The normalized spacial score (nSPS) is 21.9. The third kappa shape index (κ3) is 2.71. The van der Waals surface area contributed by atoms with Crippen molar-refractivity contribution in [1.29, 1.82) is 0 Å². The van der Waals surface area contributed by atoms with Gasteiger partial charge in [0.2, 0.25) is 0 Å². The van der Waals surface area contributed by atoms with Gasteiger partial charge in [0.05, 0.1) is 18.8 Å². The molecule has 2 atom stereocenters. The Bertz CT molecular complexity index is 548. The number of carbonyl (C=O) groups excluding carboxylic acids is 1. The van der Waals surface area contributed by atoms with Crippen LogP contribution in [0.15, 0.2) is 18.2 Å². The zero-order valence-electron chi connectivity index (χ0n) is 10.7. The maximum Gasteiger partial charge on any atom is 0.326 e. The van der Waals surface area contributed by atoms with E-state index in [4.69, 9.17) is 21.4 Å². The Balaban J connectivity index is 2.33. The first-order valence-electron chi connectivity index (χ1n) is 5.99. The largest absolute Gasteiger partial charge is 0.496 e. The van der Waals surface area contributed by atoms with Crippen molar-refractivity contribution >= 4 is 23.5 Å². The Hall–Kier alpha value is -1.79. The van der Waals surface area contributed by atoms with Crippen molar-refractivity contribution in [3.63, 3.8) is 0 Å². The number of rotatable bonds is 3. The highest BCUT2D eigenvalue weighted by molar-refractivity contribution is 6.30. The van der Waals surface area contributed by atoms with E-state index >= 15 is 0 Å². The van der Waals surface area contributed by atoms with Gasteiger partial charge in [-0.2, -0.15) is 0 Å². The second-order valence-corrected chi connectivity index (χ2v) is 4.98. The molecule has 1 heterocycles. The smallest absolute Gasteiger partial charge is 0.326 e. The molecular formula is C13H14ClNO5. The third-order valence-corrected chi connectivity index (χ3v) is 3.45. The van der Waals surface area contributed by atoms with Gasteiger partial charge in [0.25, 0.3) is 5.91 Å². The highest BCUT2D eigenvalue weighted by atomic mass is 35.5. The molecule has 1 saturated heterocycles. The molecule has 0 spiro atoms. The first kappa shape index (κ1) is 14.6. The van der Waals surface area contributed by atoms with Gasteiger partial charge in [0.1, 0.15) is 11.8 Å². The number of aliphatic carboxylic acids is 1. The summed E-state index contributed by atoms with van der Waals surface area (Å²) < 4.78 is 5.09. The number of carbonyl (C=O) groups is 2. The fourth-order valence-electron chi connectivity index (χ4n) is 2.27. The highest BCUT2D eigenvalue weighted by Gasteiger charge is 2.39. The van der Waals surface area contributed by atoms with Crippen LogP contribution in [0.1, 0.15) is 16.8 Å². The van der Waals surface area contributed by atoms with E-state index < -0.39 is 24.0 Å². The van der Waals surface area contributed by atoms with Gasteiger partial charge in [-0.05, 0) is 18.2 Å². The number of benzene rings is 1. The number of carboxylic acids is 1. The SMILES string of the molecule is COc1cc(Cl)ccc1C(=O)N1C[C@H](O)C[C@H]1C(=O)O. The number of halogens is 1. The lowest BCUT2D eigenvalue weighted by Gasteiger charge is -2.22. The number of hydrogen-bond donors (Lipinski definition) is 2. The van der Waals surface area contributed by atoms with Gasteiger partial charge in [-0.3, -0.25) is 4.79 Å². The second-order valence-electron chi connectivity index (χ2n) is 4.55. The van der Waals surface area contributed by atoms with Gasteiger partial charge in [-0.25, -0.2) is 4.79 Å². The zero-order valence-corrected chi connectivity index (χ0v) is 11.5. The Morgan fingerprint density at radius 1 is 1.45 bits per heavy atom. The van der Waals surface area contributed by atoms with Crippen LogP contribution in [-0.2, 0) is 4.79 Å². The molecule has 1 amide bonds. The number of methoxy groups -OCH3 is 1. The molecule has 1 aromatic carbocycles. The second kappa shape index (κ2) is 5.68. The monoisotopic (exact) mass is 299 g/mol. The lowest BCUT2D eigenvalue weighted by Crippen LogP contribution is -2.40. The van der Waals surface area contributed by atoms with E-state index in [1.165, 1.54) is 25.3 Å². The number of hydrogen-bond acceptors (Lipinski definition) is 4. The molecular weight excluding hydrogens is 286 g/mol. The van der Waals surface area contributed by atoms with Gasteiger partial charge in [0, 0.05) is 18.0 Å². The van der Waals surface area contributed by atoms with Crippen LogP contribution in [0.2, 0.25) is 5.02 Å². The van der Waals surface area contributed by atoms with Crippen molar-refractivity contribution in [3.8, 4) is 5.75 Å². The molecule has 0 saturated carbocycles. The first-order valence-corrected chi connectivity index (χ1v) is 6.37. The van der Waals surface area contributed by atoms with Crippen LogP contribution < -0.4 is 4.74 Å². The summed E-state index contributed by atoms with van der Waals surface area (Å²) in [5.41, 5.74) is 0.220. The van der Waals surface area contributed by atoms with E-state index in [1.807, 2.05) is 0 Å². The topological polar surface area (TPSA) is 87.1 Å². The predicted octanol–water partition coefficient (Wildman–Crippen LogP) is 1.01. The maximum atomic E-state index is 12.4. The molecule has 0 aliphatic carbocycles. The van der Waals surface area contributed by atoms with Crippen LogP contribution in [0.4, 0.5) is 0 Å². The first-order chi connectivity index (χ1) is 9.43. The standard InChI is InChI=1S/C13H14ClNO5/c1-20-11-4-7(14)2-3-9(11)12(17)15-6-8(16)5-10(15)13(18)19/h2-4,8,10,16H,5-6H2,1H3,(H,18,19)/t8-,10+/m1/s1. The molecule has 7 heteroatoms. The van der Waals surface area contributed by atoms with Crippen molar-refractivity contribution in [1.82, 2.24) is 4.90 Å². The zero-order chi connectivity index (χ0) is 14.9. The van der Waals surface area contributed by atoms with E-state index in [0.717, 1.165) is 4.90 Å². The number of ether oxygens (including phenoxy) is 1. The van der Waals surface area contributed by atoms with Gasteiger partial charge in [-0.1, -0.05) is 11.6 Å². The molecule has 2 N–H and O–H groups in total. The molecule has 1 aliphatic rings. The predicted molar refractivity (Wildman–Crippen MR) is 71.1 cm³/mol. The fourth-order valence-corrected chi connectivity index (χ4v) is 2.43. The number of amides is 1. The number of nitrogens with zero attached hydrogens (tertiary/aromatic N) is 1. The lowest BCUT2D eigenvalue weighted by atomic mass is 10.1. The molecule has 0 radical (unpaired) electrons. The minimum Gasteiger partial charge on any atom is -0.496 e. The summed E-state index contributed by atoms with van der Waals surface area (Å²) in [6, 6.07) is 3.46. The van der Waals surface area contributed by atoms with Crippen LogP contribution in [0.25, 0.3) is 0 Å².